The van der Waals surface area contributed by atoms with Crippen molar-refractivity contribution >= 4 is 28.6 Å². The highest BCUT2D eigenvalue weighted by Gasteiger charge is 2.37. The standard InChI is InChI=1S/C27H43IO2/c1-3-5-7-15-26-24(14-11-20-28)19-18-23(4-2)25(26)16-10-17-27(29)30-21-22-12-8-6-9-13-22/h6,8-9,12-13,23-26H,3-5,7,10-11,14-21H2,1-2H3. The highest BCUT2D eigenvalue weighted by atomic mass is 127. The Morgan fingerprint density at radius 2 is 1.63 bits per heavy atom. The monoisotopic (exact) mass is 526 g/mol. The molecule has 1 aromatic carbocycles. The van der Waals surface area contributed by atoms with Crippen molar-refractivity contribution in [3.8, 4) is 0 Å². The number of halogens is 1. The summed E-state index contributed by atoms with van der Waals surface area (Å²) < 4.78 is 6.79. The summed E-state index contributed by atoms with van der Waals surface area (Å²) in [6.07, 6.45) is 15.1. The Morgan fingerprint density at radius 3 is 2.33 bits per heavy atom. The zero-order valence-electron chi connectivity index (χ0n) is 19.3. The molecule has 170 valence electrons. The van der Waals surface area contributed by atoms with Gasteiger partial charge in [0, 0.05) is 6.42 Å². The topological polar surface area (TPSA) is 26.3 Å². The molecule has 1 fully saturated rings. The molecule has 0 aliphatic heterocycles. The Hall–Kier alpha value is -0.580. The maximum Gasteiger partial charge on any atom is 0.306 e. The second kappa shape index (κ2) is 15.3. The van der Waals surface area contributed by atoms with E-state index in [-0.39, 0.29) is 5.97 Å². The molecule has 30 heavy (non-hydrogen) atoms. The van der Waals surface area contributed by atoms with Crippen LogP contribution in [0.1, 0.15) is 96.5 Å². The lowest BCUT2D eigenvalue weighted by Gasteiger charge is -2.44. The quantitative estimate of drug-likeness (QED) is 0.105. The lowest BCUT2D eigenvalue weighted by Crippen LogP contribution is -2.35. The maximum absolute atomic E-state index is 12.3. The summed E-state index contributed by atoms with van der Waals surface area (Å²) in [4.78, 5) is 12.3. The number of rotatable bonds is 14. The van der Waals surface area contributed by atoms with Crippen LogP contribution in [0, 0.1) is 23.7 Å². The zero-order chi connectivity index (χ0) is 21.6. The first-order valence-corrected chi connectivity index (χ1v) is 14.0. The van der Waals surface area contributed by atoms with Crippen LogP contribution in [0.25, 0.3) is 0 Å². The van der Waals surface area contributed by atoms with Crippen LogP contribution >= 0.6 is 22.6 Å². The van der Waals surface area contributed by atoms with Crippen LogP contribution in [-0.4, -0.2) is 10.4 Å². The van der Waals surface area contributed by atoms with Crippen LogP contribution in [0.3, 0.4) is 0 Å². The molecule has 1 aromatic rings. The molecule has 1 aliphatic rings. The largest absolute Gasteiger partial charge is 0.461 e. The van der Waals surface area contributed by atoms with Gasteiger partial charge in [-0.3, -0.25) is 4.79 Å². The number of hydrogen-bond acceptors (Lipinski definition) is 2. The van der Waals surface area contributed by atoms with Gasteiger partial charge < -0.3 is 4.74 Å². The molecule has 0 aromatic heterocycles. The van der Waals surface area contributed by atoms with Gasteiger partial charge in [0.05, 0.1) is 0 Å². The van der Waals surface area contributed by atoms with Gasteiger partial charge in [-0.25, -0.2) is 0 Å². The molecule has 0 bridgehead atoms. The van der Waals surface area contributed by atoms with E-state index in [0.717, 1.165) is 35.7 Å². The van der Waals surface area contributed by atoms with E-state index >= 15 is 0 Å². The highest BCUT2D eigenvalue weighted by molar-refractivity contribution is 14.1. The van der Waals surface area contributed by atoms with E-state index in [2.05, 4.69) is 36.4 Å². The van der Waals surface area contributed by atoms with E-state index in [4.69, 9.17) is 4.74 Å². The van der Waals surface area contributed by atoms with E-state index in [9.17, 15) is 4.79 Å². The van der Waals surface area contributed by atoms with Gasteiger partial charge in [0.1, 0.15) is 6.61 Å². The van der Waals surface area contributed by atoms with Crippen LogP contribution in [0.5, 0.6) is 0 Å². The third kappa shape index (κ3) is 8.88. The molecule has 0 radical (unpaired) electrons. The van der Waals surface area contributed by atoms with Crippen LogP contribution in [0.4, 0.5) is 0 Å². The van der Waals surface area contributed by atoms with E-state index in [0.29, 0.717) is 13.0 Å². The molecule has 1 aliphatic carbocycles. The molecule has 4 atom stereocenters. The third-order valence-electron chi connectivity index (χ3n) is 7.20. The van der Waals surface area contributed by atoms with Gasteiger partial charge >= 0.3 is 5.97 Å². The Labute approximate surface area is 199 Å². The second-order valence-corrected chi connectivity index (χ2v) is 10.3. The summed E-state index contributed by atoms with van der Waals surface area (Å²) in [6.45, 7) is 5.08. The van der Waals surface area contributed by atoms with Crippen molar-refractivity contribution in [2.45, 2.75) is 97.5 Å². The number of carbonyl (C=O) groups excluding carboxylic acids is 1. The smallest absolute Gasteiger partial charge is 0.306 e. The first-order valence-electron chi connectivity index (χ1n) is 12.4. The lowest BCUT2D eigenvalue weighted by atomic mass is 9.62. The molecule has 1 saturated carbocycles. The van der Waals surface area contributed by atoms with Crippen molar-refractivity contribution in [3.05, 3.63) is 35.9 Å². The minimum Gasteiger partial charge on any atom is -0.461 e. The van der Waals surface area contributed by atoms with Crippen LogP contribution in [-0.2, 0) is 16.1 Å². The molecular formula is C27H43IO2. The maximum atomic E-state index is 12.3. The van der Waals surface area contributed by atoms with Gasteiger partial charge in [0.25, 0.3) is 0 Å². The number of hydrogen-bond donors (Lipinski definition) is 0. The van der Waals surface area contributed by atoms with Gasteiger partial charge in [-0.15, -0.1) is 0 Å². The van der Waals surface area contributed by atoms with Crippen LogP contribution in [0.2, 0.25) is 0 Å². The average Bonchev–Trinajstić information content (AvgIpc) is 2.78. The number of carbonyl (C=O) groups is 1. The Morgan fingerprint density at radius 1 is 0.933 bits per heavy atom. The van der Waals surface area contributed by atoms with E-state index in [1.807, 2.05) is 30.3 Å². The Balaban J connectivity index is 1.87. The Bertz CT molecular complexity index is 573. The van der Waals surface area contributed by atoms with Crippen molar-refractivity contribution in [1.82, 2.24) is 0 Å². The molecule has 3 heteroatoms. The highest BCUT2D eigenvalue weighted by Crippen LogP contribution is 2.46. The molecule has 0 N–H and O–H groups in total. The van der Waals surface area contributed by atoms with Gasteiger partial charge in [-0.05, 0) is 78.6 Å². The van der Waals surface area contributed by atoms with Crippen LogP contribution in [0.15, 0.2) is 30.3 Å². The molecule has 0 heterocycles. The normalized spacial score (nSPS) is 24.0. The van der Waals surface area contributed by atoms with E-state index in [1.165, 1.54) is 68.6 Å². The average molecular weight is 527 g/mol. The predicted octanol–water partition coefficient (Wildman–Crippen LogP) is 8.36. The molecule has 2 nitrogen and oxygen atoms in total. The number of ether oxygens (including phenoxy) is 1. The number of esters is 1. The van der Waals surface area contributed by atoms with Gasteiger partial charge in [-0.1, -0.05) is 92.5 Å². The first kappa shape index (κ1) is 25.7. The second-order valence-electron chi connectivity index (χ2n) is 9.20. The fourth-order valence-electron chi connectivity index (χ4n) is 5.58. The first-order chi connectivity index (χ1) is 14.7. The van der Waals surface area contributed by atoms with Crippen molar-refractivity contribution in [2.24, 2.45) is 23.7 Å². The fourth-order valence-corrected chi connectivity index (χ4v) is 6.02. The molecule has 0 saturated heterocycles. The van der Waals surface area contributed by atoms with Crippen molar-refractivity contribution in [2.75, 3.05) is 4.43 Å². The molecule has 0 spiro atoms. The zero-order valence-corrected chi connectivity index (χ0v) is 21.4. The summed E-state index contributed by atoms with van der Waals surface area (Å²) in [5.74, 6) is 3.41. The Kier molecular flexibility index (Phi) is 13.1. The van der Waals surface area contributed by atoms with E-state index < -0.39 is 0 Å². The lowest BCUT2D eigenvalue weighted by molar-refractivity contribution is -0.145. The predicted molar refractivity (Wildman–Crippen MR) is 136 cm³/mol. The summed E-state index contributed by atoms with van der Waals surface area (Å²) in [6, 6.07) is 9.99. The van der Waals surface area contributed by atoms with Crippen molar-refractivity contribution < 1.29 is 9.53 Å². The third-order valence-corrected chi connectivity index (χ3v) is 7.97. The van der Waals surface area contributed by atoms with Crippen molar-refractivity contribution in [3.63, 3.8) is 0 Å². The van der Waals surface area contributed by atoms with Gasteiger partial charge in [0.2, 0.25) is 0 Å². The van der Waals surface area contributed by atoms with Gasteiger partial charge in [-0.2, -0.15) is 0 Å². The SMILES string of the molecule is CCCCCC1C(CCCI)CCC(CC)C1CCCC(=O)OCc1ccccc1. The number of unbranched alkanes of at least 4 members (excludes halogenated alkanes) is 2. The number of alkyl halides is 1. The minimum atomic E-state index is -0.0355. The molecule has 2 rings (SSSR count). The summed E-state index contributed by atoms with van der Waals surface area (Å²) >= 11 is 2.53. The van der Waals surface area contributed by atoms with Gasteiger partial charge in [0.15, 0.2) is 0 Å². The molecule has 0 amide bonds. The van der Waals surface area contributed by atoms with Crippen LogP contribution < -0.4 is 0 Å². The minimum absolute atomic E-state index is 0.0355. The fraction of sp³-hybridized carbons (Fsp3) is 0.741. The summed E-state index contributed by atoms with van der Waals surface area (Å²) in [5.41, 5.74) is 1.07. The summed E-state index contributed by atoms with van der Waals surface area (Å²) in [5, 5.41) is 0. The molecular weight excluding hydrogens is 483 g/mol. The van der Waals surface area contributed by atoms with Crippen molar-refractivity contribution in [1.29, 1.82) is 0 Å². The summed E-state index contributed by atoms with van der Waals surface area (Å²) in [7, 11) is 0. The number of benzene rings is 1. The van der Waals surface area contributed by atoms with E-state index in [1.54, 1.807) is 0 Å². The molecule has 4 unspecified atom stereocenters.